The fourth-order valence-electron chi connectivity index (χ4n) is 3.89. The first-order valence-electron chi connectivity index (χ1n) is 10.3. The molecule has 8 nitrogen and oxygen atoms in total. The zero-order chi connectivity index (χ0) is 20.1. The highest BCUT2D eigenvalue weighted by atomic mass is 16.5. The van der Waals surface area contributed by atoms with Gasteiger partial charge < -0.3 is 18.9 Å². The van der Waals surface area contributed by atoms with Crippen molar-refractivity contribution in [1.82, 2.24) is 19.9 Å². The maximum atomic E-state index is 12.9. The van der Waals surface area contributed by atoms with Gasteiger partial charge in [0.25, 0.3) is 5.91 Å². The fourth-order valence-corrected chi connectivity index (χ4v) is 3.89. The summed E-state index contributed by atoms with van der Waals surface area (Å²) in [6.07, 6.45) is 3.85. The minimum Gasteiger partial charge on any atom is -0.484 e. The molecule has 0 bridgehead atoms. The summed E-state index contributed by atoms with van der Waals surface area (Å²) in [5.41, 5.74) is 1.27. The first-order valence-corrected chi connectivity index (χ1v) is 10.3. The van der Waals surface area contributed by atoms with Crippen LogP contribution >= 0.6 is 0 Å². The van der Waals surface area contributed by atoms with Crippen molar-refractivity contribution in [3.8, 4) is 5.75 Å². The molecular weight excluding hydrogens is 372 g/mol. The van der Waals surface area contributed by atoms with Crippen LogP contribution in [0.15, 0.2) is 28.9 Å². The second-order valence-electron chi connectivity index (χ2n) is 7.77. The highest BCUT2D eigenvalue weighted by molar-refractivity contribution is 5.92. The third-order valence-electron chi connectivity index (χ3n) is 5.47. The molecule has 29 heavy (non-hydrogen) atoms. The second-order valence-corrected chi connectivity index (χ2v) is 7.77. The maximum absolute atomic E-state index is 12.9. The summed E-state index contributed by atoms with van der Waals surface area (Å²) in [7, 11) is 0. The van der Waals surface area contributed by atoms with Crippen molar-refractivity contribution < 1.29 is 18.8 Å². The molecular formula is C21H28N4O4. The van der Waals surface area contributed by atoms with Crippen LogP contribution < -0.4 is 4.74 Å². The van der Waals surface area contributed by atoms with Crippen molar-refractivity contribution in [2.75, 3.05) is 45.9 Å². The Hall–Kier alpha value is -2.45. The molecule has 2 aromatic rings. The van der Waals surface area contributed by atoms with Crippen LogP contribution in [0.3, 0.4) is 0 Å². The number of carbonyl (C=O) groups excluding carboxylic acids is 1. The van der Waals surface area contributed by atoms with E-state index in [1.54, 1.807) is 12.3 Å². The quantitative estimate of drug-likeness (QED) is 0.735. The van der Waals surface area contributed by atoms with E-state index in [9.17, 15) is 4.79 Å². The number of hydrogen-bond donors (Lipinski definition) is 0. The Labute approximate surface area is 170 Å². The highest BCUT2D eigenvalue weighted by Crippen LogP contribution is 2.21. The van der Waals surface area contributed by atoms with Crippen LogP contribution in [-0.4, -0.2) is 71.8 Å². The zero-order valence-corrected chi connectivity index (χ0v) is 16.9. The van der Waals surface area contributed by atoms with E-state index in [0.29, 0.717) is 23.1 Å². The molecule has 4 heterocycles. The molecule has 2 aliphatic rings. The number of piperidine rings is 1. The third kappa shape index (κ3) is 5.33. The number of pyridine rings is 1. The van der Waals surface area contributed by atoms with E-state index in [-0.39, 0.29) is 12.5 Å². The van der Waals surface area contributed by atoms with E-state index in [1.165, 1.54) is 0 Å². The van der Waals surface area contributed by atoms with Gasteiger partial charge >= 0.3 is 0 Å². The molecule has 8 heteroatoms. The van der Waals surface area contributed by atoms with Gasteiger partial charge in [-0.2, -0.15) is 0 Å². The molecule has 2 aliphatic heterocycles. The van der Waals surface area contributed by atoms with E-state index < -0.39 is 0 Å². The summed E-state index contributed by atoms with van der Waals surface area (Å²) in [5, 5.41) is 3.97. The molecule has 0 aliphatic carbocycles. The van der Waals surface area contributed by atoms with E-state index in [4.69, 9.17) is 14.0 Å². The van der Waals surface area contributed by atoms with Gasteiger partial charge in [0.2, 0.25) is 0 Å². The molecule has 156 valence electrons. The van der Waals surface area contributed by atoms with Crippen molar-refractivity contribution in [2.24, 2.45) is 5.92 Å². The second kappa shape index (κ2) is 9.37. The minimum atomic E-state index is -0.0660. The van der Waals surface area contributed by atoms with Crippen LogP contribution in [0, 0.1) is 12.8 Å². The van der Waals surface area contributed by atoms with Crippen LogP contribution in [0.25, 0.3) is 0 Å². The van der Waals surface area contributed by atoms with Crippen LogP contribution in [0.4, 0.5) is 0 Å². The van der Waals surface area contributed by atoms with Gasteiger partial charge in [0.05, 0.1) is 19.4 Å². The molecule has 2 fully saturated rings. The molecule has 0 radical (unpaired) electrons. The Morgan fingerprint density at radius 3 is 2.93 bits per heavy atom. The van der Waals surface area contributed by atoms with Gasteiger partial charge in [-0.05, 0) is 37.8 Å². The van der Waals surface area contributed by atoms with Crippen LogP contribution in [0.1, 0.15) is 34.8 Å². The monoisotopic (exact) mass is 400 g/mol. The van der Waals surface area contributed by atoms with Crippen LogP contribution in [-0.2, 0) is 11.3 Å². The SMILES string of the molecule is Cc1ccc(OCc2cc(C(=O)N3CCC[C@H](CN4CCOCC4)C3)no2)cn1. The van der Waals surface area contributed by atoms with E-state index in [0.717, 1.165) is 64.5 Å². The lowest BCUT2D eigenvalue weighted by Gasteiger charge is -2.36. The average molecular weight is 400 g/mol. The number of carbonyl (C=O) groups is 1. The Bertz CT molecular complexity index is 801. The largest absolute Gasteiger partial charge is 0.484 e. The summed E-state index contributed by atoms with van der Waals surface area (Å²) >= 11 is 0. The molecule has 0 N–H and O–H groups in total. The standard InChI is InChI=1S/C21H28N4O4/c1-16-4-5-18(12-22-16)28-15-19-11-20(23-29-19)21(26)25-6-2-3-17(14-25)13-24-7-9-27-10-8-24/h4-5,11-12,17H,2-3,6-10,13-15H2,1H3/t17-/m1/s1. The maximum Gasteiger partial charge on any atom is 0.276 e. The van der Waals surface area contributed by atoms with E-state index in [2.05, 4.69) is 15.0 Å². The lowest BCUT2D eigenvalue weighted by Crippen LogP contribution is -2.46. The van der Waals surface area contributed by atoms with Crippen molar-refractivity contribution in [3.05, 3.63) is 41.5 Å². The van der Waals surface area contributed by atoms with Gasteiger partial charge in [0, 0.05) is 44.5 Å². The van der Waals surface area contributed by atoms with Crippen molar-refractivity contribution >= 4 is 5.91 Å². The summed E-state index contributed by atoms with van der Waals surface area (Å²) in [5.74, 6) is 1.61. The number of aryl methyl sites for hydroxylation is 1. The normalized spacial score (nSPS) is 20.6. The Morgan fingerprint density at radius 2 is 2.14 bits per heavy atom. The fraction of sp³-hybridized carbons (Fsp3) is 0.571. The first-order chi connectivity index (χ1) is 14.2. The highest BCUT2D eigenvalue weighted by Gasteiger charge is 2.28. The molecule has 0 saturated carbocycles. The Kier molecular flexibility index (Phi) is 6.41. The number of hydrogen-bond acceptors (Lipinski definition) is 7. The number of aromatic nitrogens is 2. The summed E-state index contributed by atoms with van der Waals surface area (Å²) in [6.45, 7) is 8.26. The van der Waals surface area contributed by atoms with Gasteiger partial charge in [0.1, 0.15) is 12.4 Å². The van der Waals surface area contributed by atoms with Crippen LogP contribution in [0.5, 0.6) is 5.75 Å². The van der Waals surface area contributed by atoms with Gasteiger partial charge in [-0.25, -0.2) is 0 Å². The molecule has 1 atom stereocenters. The molecule has 4 rings (SSSR count). The summed E-state index contributed by atoms with van der Waals surface area (Å²) in [4.78, 5) is 21.4. The first kappa shape index (κ1) is 19.8. The Balaban J connectivity index is 1.30. The van der Waals surface area contributed by atoms with Gasteiger partial charge in [-0.15, -0.1) is 0 Å². The Morgan fingerprint density at radius 1 is 1.28 bits per heavy atom. The molecule has 0 unspecified atom stereocenters. The minimum absolute atomic E-state index is 0.0660. The summed E-state index contributed by atoms with van der Waals surface area (Å²) in [6, 6.07) is 5.41. The van der Waals surface area contributed by atoms with Crippen molar-refractivity contribution in [2.45, 2.75) is 26.4 Å². The summed E-state index contributed by atoms with van der Waals surface area (Å²) < 4.78 is 16.4. The lowest BCUT2D eigenvalue weighted by atomic mass is 9.97. The smallest absolute Gasteiger partial charge is 0.276 e. The number of rotatable bonds is 6. The average Bonchev–Trinajstić information content (AvgIpc) is 3.23. The van der Waals surface area contributed by atoms with Gasteiger partial charge in [-0.1, -0.05) is 5.16 Å². The number of amides is 1. The molecule has 0 aromatic carbocycles. The molecule has 0 spiro atoms. The predicted octanol–water partition coefficient (Wildman–Crippen LogP) is 2.14. The topological polar surface area (TPSA) is 80.9 Å². The third-order valence-corrected chi connectivity index (χ3v) is 5.47. The molecule has 1 amide bonds. The molecule has 2 saturated heterocycles. The number of ether oxygens (including phenoxy) is 2. The van der Waals surface area contributed by atoms with Crippen LogP contribution in [0.2, 0.25) is 0 Å². The van der Waals surface area contributed by atoms with Crippen molar-refractivity contribution in [1.29, 1.82) is 0 Å². The zero-order valence-electron chi connectivity index (χ0n) is 16.9. The van der Waals surface area contributed by atoms with Crippen molar-refractivity contribution in [3.63, 3.8) is 0 Å². The lowest BCUT2D eigenvalue weighted by molar-refractivity contribution is 0.0222. The predicted molar refractivity (Wildman–Crippen MR) is 106 cm³/mol. The number of nitrogens with zero attached hydrogens (tertiary/aromatic N) is 4. The van der Waals surface area contributed by atoms with Gasteiger partial charge in [-0.3, -0.25) is 14.7 Å². The number of likely N-dealkylation sites (tertiary alicyclic amines) is 1. The molecule has 2 aromatic heterocycles. The number of morpholine rings is 1. The van der Waals surface area contributed by atoms with E-state index >= 15 is 0 Å². The van der Waals surface area contributed by atoms with E-state index in [1.807, 2.05) is 24.0 Å². The van der Waals surface area contributed by atoms with Gasteiger partial charge in [0.15, 0.2) is 11.5 Å².